The molecule has 0 aliphatic heterocycles. The van der Waals surface area contributed by atoms with Crippen molar-refractivity contribution >= 4 is 16.5 Å². The van der Waals surface area contributed by atoms with Crippen LogP contribution in [-0.4, -0.2) is 23.0 Å². The maximum atomic E-state index is 5.29. The van der Waals surface area contributed by atoms with Gasteiger partial charge in [0.25, 0.3) is 0 Å². The predicted molar refractivity (Wildman–Crippen MR) is 65.8 cm³/mol. The van der Waals surface area contributed by atoms with Crippen LogP contribution in [0, 0.1) is 0 Å². The van der Waals surface area contributed by atoms with E-state index in [2.05, 4.69) is 36.2 Å². The van der Waals surface area contributed by atoms with Crippen molar-refractivity contribution in [2.45, 2.75) is 39.3 Å². The average Bonchev–Trinajstić information content (AvgIpc) is 2.66. The van der Waals surface area contributed by atoms with Gasteiger partial charge in [-0.05, 0) is 20.4 Å². The van der Waals surface area contributed by atoms with E-state index in [1.165, 1.54) is 17.7 Å². The minimum Gasteiger partial charge on any atom is -0.300 e. The van der Waals surface area contributed by atoms with Crippen LogP contribution in [-0.2, 0) is 6.54 Å². The second-order valence-corrected chi connectivity index (χ2v) is 4.94. The predicted octanol–water partition coefficient (Wildman–Crippen LogP) is 2.05. The first-order chi connectivity index (χ1) is 7.17. The average molecular weight is 228 g/mol. The Kier molecular flexibility index (Phi) is 5.01. The van der Waals surface area contributed by atoms with Gasteiger partial charge in [-0.15, -0.1) is 0 Å². The van der Waals surface area contributed by atoms with E-state index in [1.807, 2.05) is 6.20 Å². The van der Waals surface area contributed by atoms with Crippen LogP contribution < -0.4 is 11.3 Å². The van der Waals surface area contributed by atoms with E-state index >= 15 is 0 Å². The summed E-state index contributed by atoms with van der Waals surface area (Å²) in [7, 11) is 2.15. The minimum atomic E-state index is 0.617. The molecule has 15 heavy (non-hydrogen) atoms. The van der Waals surface area contributed by atoms with Crippen LogP contribution in [0.5, 0.6) is 0 Å². The summed E-state index contributed by atoms with van der Waals surface area (Å²) in [6.45, 7) is 5.42. The van der Waals surface area contributed by atoms with Crippen molar-refractivity contribution in [3.63, 3.8) is 0 Å². The van der Waals surface area contributed by atoms with Crippen LogP contribution in [0.15, 0.2) is 6.20 Å². The molecular formula is C10H20N4S. The Bertz CT molecular complexity index is 287. The smallest absolute Gasteiger partial charge is 0.197 e. The van der Waals surface area contributed by atoms with Gasteiger partial charge in [-0.3, -0.25) is 10.3 Å². The molecule has 0 bridgehead atoms. The lowest BCUT2D eigenvalue weighted by Crippen LogP contribution is -2.27. The van der Waals surface area contributed by atoms with Crippen LogP contribution in [0.3, 0.4) is 0 Å². The van der Waals surface area contributed by atoms with Crippen LogP contribution in [0.1, 0.15) is 31.6 Å². The van der Waals surface area contributed by atoms with Crippen molar-refractivity contribution in [2.24, 2.45) is 5.84 Å². The third-order valence-electron chi connectivity index (χ3n) is 2.54. The van der Waals surface area contributed by atoms with E-state index in [-0.39, 0.29) is 0 Å². The fourth-order valence-corrected chi connectivity index (χ4v) is 2.27. The molecule has 0 saturated heterocycles. The van der Waals surface area contributed by atoms with Crippen molar-refractivity contribution < 1.29 is 0 Å². The highest BCUT2D eigenvalue weighted by atomic mass is 32.1. The summed E-state index contributed by atoms with van der Waals surface area (Å²) < 4.78 is 0. The van der Waals surface area contributed by atoms with Crippen LogP contribution in [0.25, 0.3) is 0 Å². The molecular weight excluding hydrogens is 208 g/mol. The molecule has 0 radical (unpaired) electrons. The molecule has 3 N–H and O–H groups in total. The second kappa shape index (κ2) is 6.05. The zero-order valence-electron chi connectivity index (χ0n) is 9.66. The maximum absolute atomic E-state index is 5.29. The van der Waals surface area contributed by atoms with Gasteiger partial charge in [0.1, 0.15) is 0 Å². The Hall–Kier alpha value is -0.650. The van der Waals surface area contributed by atoms with E-state index in [1.54, 1.807) is 11.3 Å². The highest BCUT2D eigenvalue weighted by Crippen LogP contribution is 2.19. The number of rotatable bonds is 6. The number of anilines is 1. The van der Waals surface area contributed by atoms with E-state index in [0.717, 1.165) is 11.7 Å². The summed E-state index contributed by atoms with van der Waals surface area (Å²) in [6.07, 6.45) is 4.34. The molecule has 1 atom stereocenters. The topological polar surface area (TPSA) is 54.2 Å². The fourth-order valence-electron chi connectivity index (χ4n) is 1.49. The third kappa shape index (κ3) is 3.77. The molecule has 1 heterocycles. The zero-order valence-corrected chi connectivity index (χ0v) is 10.5. The number of aromatic nitrogens is 1. The SMILES string of the molecule is CCCC(C)N(C)Cc1cnc(NN)s1. The molecule has 1 aromatic heterocycles. The van der Waals surface area contributed by atoms with Gasteiger partial charge in [-0.2, -0.15) is 0 Å². The summed E-state index contributed by atoms with van der Waals surface area (Å²) in [4.78, 5) is 7.74. The van der Waals surface area contributed by atoms with Crippen molar-refractivity contribution in [3.8, 4) is 0 Å². The fraction of sp³-hybridized carbons (Fsp3) is 0.700. The lowest BCUT2D eigenvalue weighted by molar-refractivity contribution is 0.238. The summed E-state index contributed by atoms with van der Waals surface area (Å²) in [5.41, 5.74) is 2.56. The van der Waals surface area contributed by atoms with Crippen LogP contribution >= 0.6 is 11.3 Å². The Morgan fingerprint density at radius 1 is 1.67 bits per heavy atom. The monoisotopic (exact) mass is 228 g/mol. The van der Waals surface area contributed by atoms with E-state index in [4.69, 9.17) is 5.84 Å². The Morgan fingerprint density at radius 2 is 2.40 bits per heavy atom. The molecule has 0 aliphatic carbocycles. The molecule has 1 aromatic rings. The van der Waals surface area contributed by atoms with Gasteiger partial charge in [0.15, 0.2) is 5.13 Å². The number of thiazole rings is 1. The summed E-state index contributed by atoms with van der Waals surface area (Å²) in [6, 6.07) is 0.617. The molecule has 0 saturated carbocycles. The first kappa shape index (κ1) is 12.4. The van der Waals surface area contributed by atoms with E-state index in [9.17, 15) is 0 Å². The first-order valence-corrected chi connectivity index (χ1v) is 6.10. The number of nitrogens with zero attached hydrogens (tertiary/aromatic N) is 2. The summed E-state index contributed by atoms with van der Waals surface area (Å²) in [5.74, 6) is 5.29. The van der Waals surface area contributed by atoms with Crippen molar-refractivity contribution in [1.82, 2.24) is 9.88 Å². The van der Waals surface area contributed by atoms with Crippen molar-refractivity contribution in [3.05, 3.63) is 11.1 Å². The second-order valence-electron chi connectivity index (χ2n) is 3.83. The van der Waals surface area contributed by atoms with Gasteiger partial charge in [0, 0.05) is 23.7 Å². The van der Waals surface area contributed by atoms with Crippen molar-refractivity contribution in [2.75, 3.05) is 12.5 Å². The van der Waals surface area contributed by atoms with Gasteiger partial charge < -0.3 is 0 Å². The Labute approximate surface area is 95.5 Å². The number of hydrogen-bond donors (Lipinski definition) is 2. The van der Waals surface area contributed by atoms with E-state index < -0.39 is 0 Å². The number of nitrogens with one attached hydrogen (secondary N) is 1. The zero-order chi connectivity index (χ0) is 11.3. The molecule has 1 rings (SSSR count). The van der Waals surface area contributed by atoms with Gasteiger partial charge >= 0.3 is 0 Å². The standard InChI is InChI=1S/C10H20N4S/c1-4-5-8(2)14(3)7-9-6-12-10(13-11)15-9/h6,8H,4-5,7,11H2,1-3H3,(H,12,13). The molecule has 86 valence electrons. The number of nitrogen functional groups attached to an aromatic ring is 1. The molecule has 0 amide bonds. The Balaban J connectivity index is 2.46. The summed E-state index contributed by atoms with van der Waals surface area (Å²) in [5, 5.41) is 0.779. The lowest BCUT2D eigenvalue weighted by atomic mass is 10.2. The molecule has 0 aliphatic rings. The quantitative estimate of drug-likeness (QED) is 0.578. The summed E-state index contributed by atoms with van der Waals surface area (Å²) >= 11 is 1.61. The maximum Gasteiger partial charge on any atom is 0.197 e. The normalized spacial score (nSPS) is 13.1. The third-order valence-corrected chi connectivity index (χ3v) is 3.45. The Morgan fingerprint density at radius 3 is 2.93 bits per heavy atom. The molecule has 0 spiro atoms. The number of nitrogens with two attached hydrogens (primary N) is 1. The molecule has 0 aromatic carbocycles. The van der Waals surface area contributed by atoms with Gasteiger partial charge in [0.2, 0.25) is 0 Å². The van der Waals surface area contributed by atoms with Crippen LogP contribution in [0.4, 0.5) is 5.13 Å². The highest BCUT2D eigenvalue weighted by Gasteiger charge is 2.10. The first-order valence-electron chi connectivity index (χ1n) is 5.29. The number of hydrogen-bond acceptors (Lipinski definition) is 5. The van der Waals surface area contributed by atoms with Gasteiger partial charge in [0.05, 0.1) is 0 Å². The van der Waals surface area contributed by atoms with Gasteiger partial charge in [-0.1, -0.05) is 24.7 Å². The van der Waals surface area contributed by atoms with E-state index in [0.29, 0.717) is 6.04 Å². The van der Waals surface area contributed by atoms with Crippen LogP contribution in [0.2, 0.25) is 0 Å². The van der Waals surface area contributed by atoms with Gasteiger partial charge in [-0.25, -0.2) is 10.8 Å². The number of hydrazine groups is 1. The largest absolute Gasteiger partial charge is 0.300 e. The highest BCUT2D eigenvalue weighted by molar-refractivity contribution is 7.15. The minimum absolute atomic E-state index is 0.617. The lowest BCUT2D eigenvalue weighted by Gasteiger charge is -2.23. The molecule has 1 unspecified atom stereocenters. The molecule has 4 nitrogen and oxygen atoms in total. The molecule has 0 fully saturated rings. The molecule has 5 heteroatoms. The van der Waals surface area contributed by atoms with Crippen molar-refractivity contribution in [1.29, 1.82) is 0 Å².